The van der Waals surface area contributed by atoms with Gasteiger partial charge in [0.05, 0.1) is 24.0 Å². The van der Waals surface area contributed by atoms with Crippen LogP contribution in [0.1, 0.15) is 60.3 Å². The van der Waals surface area contributed by atoms with Crippen LogP contribution in [0.2, 0.25) is 0 Å². The zero-order valence-electron chi connectivity index (χ0n) is 31.4. The molecule has 0 saturated carbocycles. The van der Waals surface area contributed by atoms with Crippen LogP contribution in [-0.2, 0) is 16.0 Å². The number of aromatic nitrogens is 6. The van der Waals surface area contributed by atoms with Gasteiger partial charge in [-0.05, 0) is 10.8 Å². The van der Waals surface area contributed by atoms with E-state index in [1.807, 2.05) is 88.4 Å². The quantitative estimate of drug-likeness (QED) is 0.153. The second-order valence-electron chi connectivity index (χ2n) is 14.6. The van der Waals surface area contributed by atoms with Gasteiger partial charge >= 0.3 is 5.97 Å². The summed E-state index contributed by atoms with van der Waals surface area (Å²) < 4.78 is 0. The summed E-state index contributed by atoms with van der Waals surface area (Å²) in [7, 11) is 0. The van der Waals surface area contributed by atoms with E-state index < -0.39 is 5.97 Å². The Balaban J connectivity index is 0.000000201. The molecule has 0 aliphatic rings. The molecular formula is C41H47N7O3S2. The van der Waals surface area contributed by atoms with Crippen LogP contribution in [-0.4, -0.2) is 46.8 Å². The van der Waals surface area contributed by atoms with Crippen LogP contribution in [0.3, 0.4) is 0 Å². The van der Waals surface area contributed by atoms with Crippen LogP contribution in [0.4, 0.5) is 5.00 Å². The van der Waals surface area contributed by atoms with Crippen molar-refractivity contribution in [2.75, 3.05) is 5.73 Å². The number of aliphatic carboxylic acids is 1. The standard InChI is InChI=1S/C21H23N3OS.C13H10N4S.C7H14O2/c1-14(21(2,3)4)17(25)12-18-19(15-8-6-5-7-9-15)24-20(26-18)16-13-22-10-11-23-16;14-12-11(9-4-2-1-3-5-9)17-13(18-12)10-8-15-6-7-16-10;1-5(6(8)9)7(2,3)4/h5-11,13-14H,12H2,1-4H3;1-8H,14H2;5H,1-4H3,(H,8,9)/t14-;;5-/m1.1/s1. The molecule has 0 aliphatic carbocycles. The number of nitrogens with zero attached hydrogens (tertiary/aromatic N) is 6. The first-order chi connectivity index (χ1) is 25.1. The molecule has 0 amide bonds. The molecule has 53 heavy (non-hydrogen) atoms. The van der Waals surface area contributed by atoms with Gasteiger partial charge in [-0.15, -0.1) is 11.3 Å². The molecule has 2 aromatic carbocycles. The third kappa shape index (κ3) is 11.4. The molecule has 0 fully saturated rings. The Labute approximate surface area is 319 Å². The summed E-state index contributed by atoms with van der Waals surface area (Å²) in [5.74, 6) is -0.766. The van der Waals surface area contributed by atoms with Crippen molar-refractivity contribution in [3.8, 4) is 43.9 Å². The van der Waals surface area contributed by atoms with Gasteiger partial charge in [-0.2, -0.15) is 0 Å². The van der Waals surface area contributed by atoms with Crippen LogP contribution in [0.25, 0.3) is 43.9 Å². The van der Waals surface area contributed by atoms with Crippen LogP contribution >= 0.6 is 22.7 Å². The van der Waals surface area contributed by atoms with E-state index >= 15 is 0 Å². The Hall–Kier alpha value is -5.20. The van der Waals surface area contributed by atoms with Gasteiger partial charge in [-0.3, -0.25) is 29.5 Å². The maximum Gasteiger partial charge on any atom is 0.306 e. The van der Waals surface area contributed by atoms with E-state index in [0.29, 0.717) is 11.4 Å². The number of benzene rings is 2. The molecule has 2 atom stereocenters. The zero-order valence-corrected chi connectivity index (χ0v) is 33.1. The Morgan fingerprint density at radius 3 is 1.55 bits per heavy atom. The molecule has 0 spiro atoms. The van der Waals surface area contributed by atoms with Crippen molar-refractivity contribution < 1.29 is 14.7 Å². The molecule has 4 heterocycles. The summed E-state index contributed by atoms with van der Waals surface area (Å²) in [5, 5.41) is 10.8. The normalized spacial score (nSPS) is 12.4. The molecule has 6 aromatic rings. The van der Waals surface area contributed by atoms with E-state index in [2.05, 4.69) is 45.7 Å². The van der Waals surface area contributed by atoms with E-state index in [1.165, 1.54) is 22.7 Å². The number of rotatable bonds is 8. The second-order valence-corrected chi connectivity index (χ2v) is 16.7. The second kappa shape index (κ2) is 18.0. The number of carboxylic acid groups (broad SMARTS) is 1. The minimum absolute atomic E-state index is 0.0202. The molecule has 276 valence electrons. The maximum atomic E-state index is 12.8. The van der Waals surface area contributed by atoms with Crippen LogP contribution in [0.5, 0.6) is 0 Å². The average Bonchev–Trinajstić information content (AvgIpc) is 3.76. The number of carbonyl (C=O) groups is 2. The highest BCUT2D eigenvalue weighted by Crippen LogP contribution is 2.36. The molecule has 4 aromatic heterocycles. The number of ketones is 1. The van der Waals surface area contributed by atoms with Crippen molar-refractivity contribution in [3.63, 3.8) is 0 Å². The van der Waals surface area contributed by atoms with Crippen molar-refractivity contribution in [2.24, 2.45) is 22.7 Å². The number of Topliss-reactive ketones (excluding diaryl/α,β-unsaturated/α-hetero) is 1. The summed E-state index contributed by atoms with van der Waals surface area (Å²) >= 11 is 2.96. The number of hydrogen-bond donors (Lipinski definition) is 2. The fraction of sp³-hybridized carbons (Fsp3) is 0.317. The first-order valence-electron chi connectivity index (χ1n) is 17.2. The molecule has 0 radical (unpaired) electrons. The van der Waals surface area contributed by atoms with E-state index in [4.69, 9.17) is 15.8 Å². The number of hydrogen-bond acceptors (Lipinski definition) is 11. The van der Waals surface area contributed by atoms with Crippen molar-refractivity contribution in [2.45, 2.75) is 61.8 Å². The van der Waals surface area contributed by atoms with E-state index in [-0.39, 0.29) is 28.4 Å². The Bertz CT molecular complexity index is 2060. The van der Waals surface area contributed by atoms with Gasteiger partial charge in [0.25, 0.3) is 0 Å². The molecule has 6 rings (SSSR count). The summed E-state index contributed by atoms with van der Waals surface area (Å²) in [4.78, 5) is 50.2. The molecule has 10 nitrogen and oxygen atoms in total. The molecule has 0 bridgehead atoms. The number of thiazole rings is 2. The Morgan fingerprint density at radius 2 is 1.13 bits per heavy atom. The van der Waals surface area contributed by atoms with Gasteiger partial charge in [-0.25, -0.2) is 9.97 Å². The number of carbonyl (C=O) groups excluding carboxylic acids is 1. The highest BCUT2D eigenvalue weighted by molar-refractivity contribution is 7.19. The summed E-state index contributed by atoms with van der Waals surface area (Å²) in [6.45, 7) is 15.8. The zero-order chi connectivity index (χ0) is 38.8. The highest BCUT2D eigenvalue weighted by atomic mass is 32.1. The smallest absolute Gasteiger partial charge is 0.306 e. The van der Waals surface area contributed by atoms with Gasteiger partial charge in [0.15, 0.2) is 0 Å². The molecule has 12 heteroatoms. The van der Waals surface area contributed by atoms with E-state index in [0.717, 1.165) is 48.8 Å². The number of carboxylic acids is 1. The van der Waals surface area contributed by atoms with Crippen molar-refractivity contribution >= 4 is 39.4 Å². The third-order valence-corrected chi connectivity index (χ3v) is 10.8. The van der Waals surface area contributed by atoms with Crippen LogP contribution in [0.15, 0.2) is 97.8 Å². The molecule has 3 N–H and O–H groups in total. The lowest BCUT2D eigenvalue weighted by molar-refractivity contribution is -0.144. The highest BCUT2D eigenvalue weighted by Gasteiger charge is 2.28. The van der Waals surface area contributed by atoms with Gasteiger partial charge in [0.2, 0.25) is 0 Å². The van der Waals surface area contributed by atoms with E-state index in [9.17, 15) is 9.59 Å². The van der Waals surface area contributed by atoms with Gasteiger partial charge < -0.3 is 10.8 Å². The Kier molecular flexibility index (Phi) is 13.8. The summed E-state index contributed by atoms with van der Waals surface area (Å²) in [5.41, 5.74) is 11.0. The Morgan fingerprint density at radius 1 is 0.679 bits per heavy atom. The SMILES string of the molecule is C[C@H](C(=O)Cc1sc(-c2cnccn2)nc1-c1ccccc1)C(C)(C)C.C[C@H](C(=O)O)C(C)(C)C.Nc1sc(-c2cnccn2)nc1-c1ccccc1. The van der Waals surface area contributed by atoms with Crippen molar-refractivity contribution in [3.05, 3.63) is 103 Å². The molecule has 0 unspecified atom stereocenters. The van der Waals surface area contributed by atoms with Gasteiger partial charge in [0, 0.05) is 53.1 Å². The first-order valence-corrected chi connectivity index (χ1v) is 18.8. The minimum Gasteiger partial charge on any atom is -0.481 e. The molecule has 0 aliphatic heterocycles. The van der Waals surface area contributed by atoms with Gasteiger partial charge in [-0.1, -0.05) is 127 Å². The number of anilines is 1. The van der Waals surface area contributed by atoms with Crippen LogP contribution < -0.4 is 5.73 Å². The first kappa shape index (κ1) is 40.6. The molecule has 0 saturated heterocycles. The predicted octanol–water partition coefficient (Wildman–Crippen LogP) is 9.66. The lowest BCUT2D eigenvalue weighted by Crippen LogP contribution is -2.27. The number of nitrogen functional groups attached to an aromatic ring is 1. The predicted molar refractivity (Wildman–Crippen MR) is 215 cm³/mol. The van der Waals surface area contributed by atoms with Crippen LogP contribution in [0, 0.1) is 22.7 Å². The third-order valence-electron chi connectivity index (χ3n) is 8.80. The monoisotopic (exact) mass is 749 g/mol. The van der Waals surface area contributed by atoms with Gasteiger partial charge in [0.1, 0.15) is 37.9 Å². The minimum atomic E-state index is -0.720. The topological polar surface area (TPSA) is 158 Å². The maximum absolute atomic E-state index is 12.8. The van der Waals surface area contributed by atoms with Crippen molar-refractivity contribution in [1.29, 1.82) is 0 Å². The lowest BCUT2D eigenvalue weighted by atomic mass is 9.78. The summed E-state index contributed by atoms with van der Waals surface area (Å²) in [6, 6.07) is 19.9. The van der Waals surface area contributed by atoms with E-state index in [1.54, 1.807) is 44.1 Å². The fourth-order valence-electron chi connectivity index (χ4n) is 4.63. The largest absolute Gasteiger partial charge is 0.481 e. The molecular weight excluding hydrogens is 703 g/mol. The van der Waals surface area contributed by atoms with Crippen molar-refractivity contribution in [1.82, 2.24) is 29.9 Å². The lowest BCUT2D eigenvalue weighted by Gasteiger charge is -2.25. The average molecular weight is 750 g/mol. The fourth-order valence-corrected chi connectivity index (χ4v) is 6.50. The number of nitrogens with two attached hydrogens (primary N) is 1. The summed E-state index contributed by atoms with van der Waals surface area (Å²) in [6.07, 6.45) is 10.4.